The van der Waals surface area contributed by atoms with E-state index in [1.165, 1.54) is 4.88 Å². The molecule has 0 unspecified atom stereocenters. The number of carbonyl (C=O) groups excluding carboxylic acids is 2. The fourth-order valence-electron chi connectivity index (χ4n) is 4.37. The van der Waals surface area contributed by atoms with Gasteiger partial charge in [-0.3, -0.25) is 9.59 Å². The highest BCUT2D eigenvalue weighted by atomic mass is 32.1. The average molecular weight is 412 g/mol. The topological polar surface area (TPSA) is 52.6 Å². The molecule has 0 spiro atoms. The van der Waals surface area contributed by atoms with E-state index in [0.29, 0.717) is 5.56 Å². The quantitative estimate of drug-likeness (QED) is 0.826. The predicted octanol–water partition coefficient (Wildman–Crippen LogP) is 4.05. The number of anilines is 1. The number of benzene rings is 1. The molecular formula is C23H29N3O2S. The third-order valence-corrected chi connectivity index (χ3v) is 7.41. The summed E-state index contributed by atoms with van der Waals surface area (Å²) in [6.45, 7) is 2.03. The number of hydrogen-bond acceptors (Lipinski definition) is 4. The molecule has 1 fully saturated rings. The van der Waals surface area contributed by atoms with Crippen molar-refractivity contribution >= 4 is 28.2 Å². The standard InChI is InChI=1S/C23H29N3O2S/c1-25-14-12-17(13-15-25)26(2)23(28)20-18-10-6-7-11-19(18)29-22(20)24-21(27)16-8-4-3-5-9-16/h3-5,8-9,17H,6-7,10-15H2,1-2H3,(H,24,27). The fourth-order valence-corrected chi connectivity index (χ4v) is 5.65. The Kier molecular flexibility index (Phi) is 6.01. The first kappa shape index (κ1) is 20.1. The van der Waals surface area contributed by atoms with Crippen molar-refractivity contribution in [2.75, 3.05) is 32.5 Å². The average Bonchev–Trinajstić information content (AvgIpc) is 3.11. The fraction of sp³-hybridized carbons (Fsp3) is 0.478. The van der Waals surface area contributed by atoms with E-state index < -0.39 is 0 Å². The van der Waals surface area contributed by atoms with Gasteiger partial charge in [0, 0.05) is 23.5 Å². The zero-order valence-electron chi connectivity index (χ0n) is 17.2. The highest BCUT2D eigenvalue weighted by Gasteiger charge is 2.31. The Balaban J connectivity index is 1.62. The van der Waals surface area contributed by atoms with E-state index in [4.69, 9.17) is 0 Å². The summed E-state index contributed by atoms with van der Waals surface area (Å²) in [5.41, 5.74) is 2.51. The molecule has 2 heterocycles. The van der Waals surface area contributed by atoms with Gasteiger partial charge in [-0.05, 0) is 76.4 Å². The summed E-state index contributed by atoms with van der Waals surface area (Å²) in [4.78, 5) is 31.8. The van der Waals surface area contributed by atoms with Crippen molar-refractivity contribution in [3.63, 3.8) is 0 Å². The lowest BCUT2D eigenvalue weighted by molar-refractivity contribution is 0.0660. The molecule has 2 aliphatic rings. The zero-order chi connectivity index (χ0) is 20.4. The Morgan fingerprint density at radius 1 is 1.10 bits per heavy atom. The van der Waals surface area contributed by atoms with Gasteiger partial charge in [0.05, 0.1) is 5.56 Å². The smallest absolute Gasteiger partial charge is 0.257 e. The normalized spacial score (nSPS) is 17.6. The summed E-state index contributed by atoms with van der Waals surface area (Å²) in [6.07, 6.45) is 6.17. The molecule has 1 N–H and O–H groups in total. The monoisotopic (exact) mass is 411 g/mol. The van der Waals surface area contributed by atoms with Gasteiger partial charge in [-0.25, -0.2) is 0 Å². The molecule has 1 aromatic carbocycles. The van der Waals surface area contributed by atoms with Crippen molar-refractivity contribution in [2.24, 2.45) is 0 Å². The molecule has 6 heteroatoms. The van der Waals surface area contributed by atoms with E-state index >= 15 is 0 Å². The maximum absolute atomic E-state index is 13.6. The van der Waals surface area contributed by atoms with Gasteiger partial charge in [-0.15, -0.1) is 11.3 Å². The van der Waals surface area contributed by atoms with Crippen LogP contribution in [-0.2, 0) is 12.8 Å². The Morgan fingerprint density at radius 3 is 2.52 bits per heavy atom. The predicted molar refractivity (Wildman–Crippen MR) is 118 cm³/mol. The third-order valence-electron chi connectivity index (χ3n) is 6.20. The first-order valence-electron chi connectivity index (χ1n) is 10.5. The molecule has 1 aromatic heterocycles. The zero-order valence-corrected chi connectivity index (χ0v) is 18.1. The summed E-state index contributed by atoms with van der Waals surface area (Å²) in [7, 11) is 4.05. The van der Waals surface area contributed by atoms with E-state index in [0.717, 1.165) is 67.7 Å². The molecule has 4 rings (SSSR count). The van der Waals surface area contributed by atoms with Crippen molar-refractivity contribution in [1.29, 1.82) is 0 Å². The minimum atomic E-state index is -0.153. The Labute approximate surface area is 176 Å². The number of likely N-dealkylation sites (tertiary alicyclic amines) is 1. The number of carbonyl (C=O) groups is 2. The largest absolute Gasteiger partial charge is 0.339 e. The van der Waals surface area contributed by atoms with Gasteiger partial charge < -0.3 is 15.1 Å². The van der Waals surface area contributed by atoms with Crippen LogP contribution in [0, 0.1) is 0 Å². The second-order valence-corrected chi connectivity index (χ2v) is 9.29. The first-order valence-corrected chi connectivity index (χ1v) is 11.3. The lowest BCUT2D eigenvalue weighted by atomic mass is 9.94. The summed E-state index contributed by atoms with van der Waals surface area (Å²) in [5.74, 6) is -0.0949. The van der Waals surface area contributed by atoms with E-state index in [1.54, 1.807) is 23.5 Å². The number of rotatable bonds is 4. The van der Waals surface area contributed by atoms with E-state index in [1.807, 2.05) is 30.1 Å². The lowest BCUT2D eigenvalue weighted by Gasteiger charge is -2.35. The molecule has 0 saturated carbocycles. The molecule has 2 aromatic rings. The molecule has 1 saturated heterocycles. The number of thiophene rings is 1. The highest BCUT2D eigenvalue weighted by Crippen LogP contribution is 2.39. The number of hydrogen-bond donors (Lipinski definition) is 1. The van der Waals surface area contributed by atoms with Crippen molar-refractivity contribution < 1.29 is 9.59 Å². The van der Waals surface area contributed by atoms with Crippen LogP contribution in [0.4, 0.5) is 5.00 Å². The number of nitrogens with one attached hydrogen (secondary N) is 1. The Morgan fingerprint density at radius 2 is 1.79 bits per heavy atom. The van der Waals surface area contributed by atoms with Gasteiger partial charge in [-0.2, -0.15) is 0 Å². The van der Waals surface area contributed by atoms with Crippen molar-refractivity contribution in [3.05, 3.63) is 51.9 Å². The number of aryl methyl sites for hydroxylation is 1. The maximum Gasteiger partial charge on any atom is 0.257 e. The molecule has 5 nitrogen and oxygen atoms in total. The number of piperidine rings is 1. The minimum absolute atomic E-state index is 0.0577. The van der Waals surface area contributed by atoms with Crippen LogP contribution in [-0.4, -0.2) is 54.8 Å². The number of fused-ring (bicyclic) bond motifs is 1. The third kappa shape index (κ3) is 4.23. The minimum Gasteiger partial charge on any atom is -0.339 e. The van der Waals surface area contributed by atoms with E-state index in [2.05, 4.69) is 17.3 Å². The Hall–Kier alpha value is -2.18. The van der Waals surface area contributed by atoms with Crippen LogP contribution in [0.15, 0.2) is 30.3 Å². The van der Waals surface area contributed by atoms with Crippen molar-refractivity contribution in [2.45, 2.75) is 44.6 Å². The molecule has 154 valence electrons. The van der Waals surface area contributed by atoms with Gasteiger partial charge in [-0.1, -0.05) is 18.2 Å². The summed E-state index contributed by atoms with van der Waals surface area (Å²) < 4.78 is 0. The molecule has 29 heavy (non-hydrogen) atoms. The van der Waals surface area contributed by atoms with Crippen LogP contribution in [0.1, 0.15) is 56.8 Å². The van der Waals surface area contributed by atoms with Crippen LogP contribution < -0.4 is 5.32 Å². The second-order valence-electron chi connectivity index (χ2n) is 8.19. The van der Waals surface area contributed by atoms with Crippen molar-refractivity contribution in [3.8, 4) is 0 Å². The first-order chi connectivity index (χ1) is 14.0. The van der Waals surface area contributed by atoms with Crippen LogP contribution in [0.5, 0.6) is 0 Å². The van der Waals surface area contributed by atoms with E-state index in [9.17, 15) is 9.59 Å². The molecule has 0 radical (unpaired) electrons. The molecule has 1 aliphatic heterocycles. The summed E-state index contributed by atoms with van der Waals surface area (Å²) >= 11 is 1.59. The van der Waals surface area contributed by atoms with Gasteiger partial charge in [0.1, 0.15) is 5.00 Å². The Bertz CT molecular complexity index is 885. The van der Waals surface area contributed by atoms with E-state index in [-0.39, 0.29) is 17.9 Å². The molecule has 1 aliphatic carbocycles. The lowest BCUT2D eigenvalue weighted by Crippen LogP contribution is -2.44. The van der Waals surface area contributed by atoms with Crippen LogP contribution >= 0.6 is 11.3 Å². The van der Waals surface area contributed by atoms with Crippen LogP contribution in [0.3, 0.4) is 0 Å². The summed E-state index contributed by atoms with van der Waals surface area (Å²) in [6, 6.07) is 9.47. The number of amides is 2. The van der Waals surface area contributed by atoms with Gasteiger partial charge in [0.2, 0.25) is 0 Å². The van der Waals surface area contributed by atoms with Crippen molar-refractivity contribution in [1.82, 2.24) is 9.80 Å². The highest BCUT2D eigenvalue weighted by molar-refractivity contribution is 7.17. The molecule has 0 atom stereocenters. The second kappa shape index (κ2) is 8.67. The molecular weight excluding hydrogens is 382 g/mol. The number of nitrogens with zero attached hydrogens (tertiary/aromatic N) is 2. The van der Waals surface area contributed by atoms with Crippen LogP contribution in [0.25, 0.3) is 0 Å². The summed E-state index contributed by atoms with van der Waals surface area (Å²) in [5, 5.41) is 3.77. The maximum atomic E-state index is 13.6. The van der Waals surface area contributed by atoms with Gasteiger partial charge >= 0.3 is 0 Å². The van der Waals surface area contributed by atoms with Crippen LogP contribution in [0.2, 0.25) is 0 Å². The SMILES string of the molecule is CN1CCC(N(C)C(=O)c2c(NC(=O)c3ccccc3)sc3c2CCCC3)CC1. The van der Waals surface area contributed by atoms with Gasteiger partial charge in [0.25, 0.3) is 11.8 Å². The molecule has 2 amide bonds. The molecule has 0 bridgehead atoms. The van der Waals surface area contributed by atoms with Gasteiger partial charge in [0.15, 0.2) is 0 Å².